The number of halogens is 1. The number of rotatable bonds is 6. The molecule has 3 nitrogen and oxygen atoms in total. The van der Waals surface area contributed by atoms with Crippen LogP contribution in [0.1, 0.15) is 30.2 Å². The Balaban J connectivity index is 2.02. The number of hydrogen-bond acceptors (Lipinski definition) is 3. The molecule has 21 heavy (non-hydrogen) atoms. The van der Waals surface area contributed by atoms with E-state index in [1.54, 1.807) is 6.20 Å². The zero-order valence-corrected chi connectivity index (χ0v) is 14.0. The predicted octanol–water partition coefficient (Wildman–Crippen LogP) is 3.54. The van der Waals surface area contributed by atoms with Crippen LogP contribution in [0.5, 0.6) is 0 Å². The van der Waals surface area contributed by atoms with Gasteiger partial charge in [0.15, 0.2) is 0 Å². The summed E-state index contributed by atoms with van der Waals surface area (Å²) in [5, 5.41) is 14.2. The van der Waals surface area contributed by atoms with E-state index in [1.165, 1.54) is 0 Å². The molecule has 0 bridgehead atoms. The van der Waals surface area contributed by atoms with Gasteiger partial charge < -0.3 is 10.4 Å². The summed E-state index contributed by atoms with van der Waals surface area (Å²) in [4.78, 5) is 4.27. The molecule has 2 N–H and O–H groups in total. The van der Waals surface area contributed by atoms with Crippen LogP contribution in [0.15, 0.2) is 47.1 Å². The fraction of sp³-hybridized carbons (Fsp3) is 0.353. The number of hydrogen-bond donors (Lipinski definition) is 2. The van der Waals surface area contributed by atoms with E-state index in [0.717, 1.165) is 21.3 Å². The van der Waals surface area contributed by atoms with Gasteiger partial charge in [-0.2, -0.15) is 0 Å². The number of nitrogens with zero attached hydrogens (tertiary/aromatic N) is 1. The van der Waals surface area contributed by atoms with Crippen LogP contribution in [0.2, 0.25) is 0 Å². The molecule has 1 atom stereocenters. The first-order valence-electron chi connectivity index (χ1n) is 7.15. The molecule has 0 spiro atoms. The van der Waals surface area contributed by atoms with E-state index < -0.39 is 5.60 Å². The van der Waals surface area contributed by atoms with Crippen LogP contribution in [0.4, 0.5) is 0 Å². The fourth-order valence-electron chi connectivity index (χ4n) is 2.30. The zero-order chi connectivity index (χ0) is 15.3. The number of nitrogens with one attached hydrogen (secondary N) is 1. The third-order valence-corrected chi connectivity index (χ3v) is 4.34. The number of aliphatic hydroxyl groups is 1. The molecule has 0 fully saturated rings. The molecule has 0 aliphatic heterocycles. The third-order valence-electron chi connectivity index (χ3n) is 3.82. The summed E-state index contributed by atoms with van der Waals surface area (Å²) in [5.74, 6) is 0. The minimum Gasteiger partial charge on any atom is -0.384 e. The SMILES string of the molecule is CCC(O)(CNCc1cccnc1C)c1ccc(Br)cc1. The highest BCUT2D eigenvalue weighted by molar-refractivity contribution is 9.10. The average Bonchev–Trinajstić information content (AvgIpc) is 2.49. The summed E-state index contributed by atoms with van der Waals surface area (Å²) in [6, 6.07) is 11.8. The second-order valence-electron chi connectivity index (χ2n) is 5.24. The molecular formula is C17H21BrN2O. The standard InChI is InChI=1S/C17H21BrN2O/c1-3-17(21,15-6-8-16(18)9-7-15)12-19-11-14-5-4-10-20-13(14)2/h4-10,19,21H,3,11-12H2,1-2H3. The van der Waals surface area contributed by atoms with E-state index in [1.807, 2.05) is 44.2 Å². The Morgan fingerprint density at radius 2 is 1.95 bits per heavy atom. The van der Waals surface area contributed by atoms with Crippen molar-refractivity contribution in [3.05, 3.63) is 63.9 Å². The van der Waals surface area contributed by atoms with Crippen molar-refractivity contribution in [2.24, 2.45) is 0 Å². The van der Waals surface area contributed by atoms with Crippen molar-refractivity contribution >= 4 is 15.9 Å². The lowest BCUT2D eigenvalue weighted by Gasteiger charge is -2.28. The first kappa shape index (κ1) is 16.1. The molecule has 1 aromatic carbocycles. The van der Waals surface area contributed by atoms with Gasteiger partial charge in [-0.1, -0.05) is 41.1 Å². The number of aryl methyl sites for hydroxylation is 1. The summed E-state index contributed by atoms with van der Waals surface area (Å²) in [6.07, 6.45) is 2.46. The Kier molecular flexibility index (Phi) is 5.51. The second-order valence-corrected chi connectivity index (χ2v) is 6.16. The average molecular weight is 349 g/mol. The molecule has 0 aliphatic rings. The summed E-state index contributed by atoms with van der Waals surface area (Å²) in [7, 11) is 0. The Labute approximate surface area is 134 Å². The Bertz CT molecular complexity index is 586. The maximum absolute atomic E-state index is 10.8. The molecule has 1 unspecified atom stereocenters. The normalized spacial score (nSPS) is 13.9. The van der Waals surface area contributed by atoms with Crippen molar-refractivity contribution in [3.8, 4) is 0 Å². The highest BCUT2D eigenvalue weighted by Gasteiger charge is 2.26. The lowest BCUT2D eigenvalue weighted by molar-refractivity contribution is 0.0323. The van der Waals surface area contributed by atoms with Crippen molar-refractivity contribution < 1.29 is 5.11 Å². The molecule has 1 aromatic heterocycles. The Hall–Kier alpha value is -1.23. The molecule has 0 radical (unpaired) electrons. The maximum atomic E-state index is 10.8. The molecule has 2 aromatic rings. The maximum Gasteiger partial charge on any atom is 0.102 e. The van der Waals surface area contributed by atoms with E-state index in [0.29, 0.717) is 19.5 Å². The first-order chi connectivity index (χ1) is 10.0. The van der Waals surface area contributed by atoms with Crippen LogP contribution < -0.4 is 5.32 Å². The lowest BCUT2D eigenvalue weighted by atomic mass is 9.91. The quantitative estimate of drug-likeness (QED) is 0.839. The van der Waals surface area contributed by atoms with Gasteiger partial charge in [0.2, 0.25) is 0 Å². The molecule has 2 rings (SSSR count). The summed E-state index contributed by atoms with van der Waals surface area (Å²) >= 11 is 3.42. The van der Waals surface area contributed by atoms with E-state index in [2.05, 4.69) is 32.3 Å². The fourth-order valence-corrected chi connectivity index (χ4v) is 2.56. The van der Waals surface area contributed by atoms with Gasteiger partial charge in [-0.05, 0) is 42.7 Å². The first-order valence-corrected chi connectivity index (χ1v) is 7.94. The Morgan fingerprint density at radius 1 is 1.24 bits per heavy atom. The van der Waals surface area contributed by atoms with Crippen LogP contribution in [-0.2, 0) is 12.1 Å². The minimum absolute atomic E-state index is 0.513. The highest BCUT2D eigenvalue weighted by atomic mass is 79.9. The lowest BCUT2D eigenvalue weighted by Crippen LogP contribution is -2.37. The smallest absolute Gasteiger partial charge is 0.102 e. The molecule has 1 heterocycles. The van der Waals surface area contributed by atoms with Gasteiger partial charge in [0.1, 0.15) is 5.60 Å². The van der Waals surface area contributed by atoms with Crippen LogP contribution >= 0.6 is 15.9 Å². The summed E-state index contributed by atoms with van der Waals surface area (Å²) in [5.41, 5.74) is 2.26. The number of aromatic nitrogens is 1. The highest BCUT2D eigenvalue weighted by Crippen LogP contribution is 2.25. The van der Waals surface area contributed by atoms with E-state index >= 15 is 0 Å². The topological polar surface area (TPSA) is 45.1 Å². The zero-order valence-electron chi connectivity index (χ0n) is 12.4. The van der Waals surface area contributed by atoms with Gasteiger partial charge in [-0.15, -0.1) is 0 Å². The van der Waals surface area contributed by atoms with Gasteiger partial charge in [0.05, 0.1) is 0 Å². The molecule has 112 valence electrons. The largest absolute Gasteiger partial charge is 0.384 e. The van der Waals surface area contributed by atoms with Gasteiger partial charge >= 0.3 is 0 Å². The van der Waals surface area contributed by atoms with Gasteiger partial charge in [-0.3, -0.25) is 4.98 Å². The van der Waals surface area contributed by atoms with Crippen LogP contribution in [-0.4, -0.2) is 16.6 Å². The predicted molar refractivity (Wildman–Crippen MR) is 89.0 cm³/mol. The van der Waals surface area contributed by atoms with Crippen molar-refractivity contribution in [2.75, 3.05) is 6.54 Å². The summed E-state index contributed by atoms with van der Waals surface area (Å²) < 4.78 is 1.02. The van der Waals surface area contributed by atoms with E-state index in [-0.39, 0.29) is 0 Å². The molecule has 0 saturated heterocycles. The van der Waals surface area contributed by atoms with Gasteiger partial charge in [-0.25, -0.2) is 0 Å². The minimum atomic E-state index is -0.850. The van der Waals surface area contributed by atoms with Gasteiger partial charge in [0, 0.05) is 29.5 Å². The molecule has 0 aliphatic carbocycles. The third kappa shape index (κ3) is 4.13. The summed E-state index contributed by atoms with van der Waals surface area (Å²) in [6.45, 7) is 5.22. The molecule has 0 amide bonds. The molecule has 0 saturated carbocycles. The van der Waals surface area contributed by atoms with Crippen molar-refractivity contribution in [3.63, 3.8) is 0 Å². The number of benzene rings is 1. The van der Waals surface area contributed by atoms with Gasteiger partial charge in [0.25, 0.3) is 0 Å². The van der Waals surface area contributed by atoms with Crippen molar-refractivity contribution in [1.29, 1.82) is 0 Å². The van der Waals surface area contributed by atoms with Crippen molar-refractivity contribution in [1.82, 2.24) is 10.3 Å². The van der Waals surface area contributed by atoms with Crippen LogP contribution in [0.3, 0.4) is 0 Å². The van der Waals surface area contributed by atoms with E-state index in [4.69, 9.17) is 0 Å². The van der Waals surface area contributed by atoms with Crippen LogP contribution in [0, 0.1) is 6.92 Å². The monoisotopic (exact) mass is 348 g/mol. The molecular weight excluding hydrogens is 328 g/mol. The number of pyridine rings is 1. The second kappa shape index (κ2) is 7.16. The molecule has 4 heteroatoms. The Morgan fingerprint density at radius 3 is 2.57 bits per heavy atom. The van der Waals surface area contributed by atoms with E-state index in [9.17, 15) is 5.11 Å². The van der Waals surface area contributed by atoms with Crippen LogP contribution in [0.25, 0.3) is 0 Å². The van der Waals surface area contributed by atoms with Crippen molar-refractivity contribution in [2.45, 2.75) is 32.4 Å².